The number of amides is 2. The molecule has 0 aliphatic rings. The van der Waals surface area contributed by atoms with Crippen molar-refractivity contribution in [2.24, 2.45) is 7.05 Å². The zero-order chi connectivity index (χ0) is 18.8. The van der Waals surface area contributed by atoms with Gasteiger partial charge in [-0.25, -0.2) is 4.79 Å². The van der Waals surface area contributed by atoms with E-state index < -0.39 is 0 Å². The molecule has 0 unspecified atom stereocenters. The molecule has 7 heteroatoms. The van der Waals surface area contributed by atoms with Crippen molar-refractivity contribution in [3.05, 3.63) is 66.0 Å². The number of fused-ring (bicyclic) bond motifs is 1. The third-order valence-corrected chi connectivity index (χ3v) is 4.51. The van der Waals surface area contributed by atoms with E-state index in [9.17, 15) is 4.79 Å². The molecule has 4 rings (SSSR count). The van der Waals surface area contributed by atoms with Gasteiger partial charge < -0.3 is 10.6 Å². The summed E-state index contributed by atoms with van der Waals surface area (Å²) in [6, 6.07) is 13.6. The van der Waals surface area contributed by atoms with E-state index in [-0.39, 0.29) is 6.03 Å². The van der Waals surface area contributed by atoms with Crippen LogP contribution in [0.3, 0.4) is 0 Å². The number of nitrogens with one attached hydrogen (secondary N) is 3. The Labute approximate surface area is 156 Å². The molecule has 0 saturated heterocycles. The molecule has 0 atom stereocenters. The van der Waals surface area contributed by atoms with Crippen LogP contribution in [0.15, 0.2) is 54.9 Å². The summed E-state index contributed by atoms with van der Waals surface area (Å²) < 4.78 is 1.90. The summed E-state index contributed by atoms with van der Waals surface area (Å²) >= 11 is 0. The Morgan fingerprint density at radius 2 is 2.00 bits per heavy atom. The molecule has 0 bridgehead atoms. The van der Waals surface area contributed by atoms with E-state index in [1.165, 1.54) is 5.56 Å². The highest BCUT2D eigenvalue weighted by Gasteiger charge is 2.12. The summed E-state index contributed by atoms with van der Waals surface area (Å²) in [5, 5.41) is 18.0. The molecule has 0 spiro atoms. The fourth-order valence-electron chi connectivity index (χ4n) is 3.13. The molecular weight excluding hydrogens is 340 g/mol. The van der Waals surface area contributed by atoms with Crippen LogP contribution in [0.2, 0.25) is 0 Å². The highest BCUT2D eigenvalue weighted by atomic mass is 16.2. The van der Waals surface area contributed by atoms with Crippen molar-refractivity contribution in [2.45, 2.75) is 13.5 Å². The second-order valence-electron chi connectivity index (χ2n) is 6.43. The molecular formula is C20H20N6O. The molecule has 2 amide bonds. The van der Waals surface area contributed by atoms with Crippen molar-refractivity contribution in [3.63, 3.8) is 0 Å². The van der Waals surface area contributed by atoms with Crippen LogP contribution in [0.4, 0.5) is 10.5 Å². The molecule has 2 aromatic carbocycles. The number of carbonyl (C=O) groups is 1. The number of carbonyl (C=O) groups excluding carboxylic acids is 1. The Morgan fingerprint density at radius 1 is 1.19 bits per heavy atom. The van der Waals surface area contributed by atoms with Gasteiger partial charge in [0.1, 0.15) is 5.69 Å². The average molecular weight is 360 g/mol. The van der Waals surface area contributed by atoms with Crippen molar-refractivity contribution in [1.29, 1.82) is 0 Å². The lowest BCUT2D eigenvalue weighted by Gasteiger charge is -2.07. The lowest BCUT2D eigenvalue weighted by Crippen LogP contribution is -2.27. The highest BCUT2D eigenvalue weighted by Crippen LogP contribution is 2.30. The Kier molecular flexibility index (Phi) is 4.33. The number of hydrogen-bond donors (Lipinski definition) is 3. The van der Waals surface area contributed by atoms with Crippen LogP contribution in [0.25, 0.3) is 22.2 Å². The van der Waals surface area contributed by atoms with Crippen LogP contribution in [0, 0.1) is 6.92 Å². The lowest BCUT2D eigenvalue weighted by atomic mass is 10.0. The Hall–Kier alpha value is -3.61. The van der Waals surface area contributed by atoms with Gasteiger partial charge in [-0.3, -0.25) is 9.78 Å². The van der Waals surface area contributed by atoms with Crippen LogP contribution < -0.4 is 10.6 Å². The first-order chi connectivity index (χ1) is 13.1. The monoisotopic (exact) mass is 360 g/mol. The van der Waals surface area contributed by atoms with Crippen LogP contribution in [0.1, 0.15) is 11.1 Å². The van der Waals surface area contributed by atoms with E-state index in [1.54, 1.807) is 12.4 Å². The van der Waals surface area contributed by atoms with Gasteiger partial charge in [-0.1, -0.05) is 24.3 Å². The molecule has 27 heavy (non-hydrogen) atoms. The van der Waals surface area contributed by atoms with Crippen LogP contribution in [-0.2, 0) is 13.6 Å². The van der Waals surface area contributed by atoms with Crippen molar-refractivity contribution < 1.29 is 4.79 Å². The largest absolute Gasteiger partial charge is 0.334 e. The number of H-pyrrole nitrogens is 1. The van der Waals surface area contributed by atoms with Crippen LogP contribution in [-0.4, -0.2) is 26.0 Å². The van der Waals surface area contributed by atoms with Gasteiger partial charge in [0.05, 0.1) is 11.7 Å². The van der Waals surface area contributed by atoms with E-state index >= 15 is 0 Å². The molecule has 0 aliphatic heterocycles. The maximum Gasteiger partial charge on any atom is 0.319 e. The third kappa shape index (κ3) is 3.39. The normalized spacial score (nSPS) is 10.9. The summed E-state index contributed by atoms with van der Waals surface area (Å²) in [4.78, 5) is 12.0. The molecule has 4 aromatic rings. The number of rotatable bonds is 4. The molecule has 2 aromatic heterocycles. The van der Waals surface area contributed by atoms with E-state index in [0.717, 1.165) is 33.4 Å². The van der Waals surface area contributed by atoms with E-state index in [1.807, 2.05) is 42.1 Å². The fraction of sp³-hybridized carbons (Fsp3) is 0.150. The molecule has 0 fully saturated rings. The van der Waals surface area contributed by atoms with E-state index in [2.05, 4.69) is 45.0 Å². The second kappa shape index (κ2) is 6.95. The van der Waals surface area contributed by atoms with Crippen molar-refractivity contribution in [3.8, 4) is 11.3 Å². The van der Waals surface area contributed by atoms with Gasteiger partial charge in [0.15, 0.2) is 0 Å². The SMILES string of the molecule is Cc1cccc2c1c(-c1ccc(NC(=O)NCc3cn[nH]c3)cc1)nn2C. The van der Waals surface area contributed by atoms with Gasteiger partial charge in [0.25, 0.3) is 0 Å². The average Bonchev–Trinajstić information content (AvgIpc) is 3.30. The standard InChI is InChI=1S/C20H20N6O/c1-13-4-3-5-17-18(13)19(25-26(17)2)15-6-8-16(9-7-15)24-20(27)21-10-14-11-22-23-12-14/h3-9,11-12H,10H2,1-2H3,(H,22,23)(H2,21,24,27). The first kappa shape index (κ1) is 16.8. The van der Waals surface area contributed by atoms with Gasteiger partial charge in [0.2, 0.25) is 0 Å². The summed E-state index contributed by atoms with van der Waals surface area (Å²) in [5.74, 6) is 0. The number of anilines is 1. The van der Waals surface area contributed by atoms with Crippen molar-refractivity contribution in [2.75, 3.05) is 5.32 Å². The van der Waals surface area contributed by atoms with Gasteiger partial charge in [-0.05, 0) is 30.7 Å². The predicted octanol–water partition coefficient (Wildman–Crippen LogP) is 3.59. The number of hydrogen-bond acceptors (Lipinski definition) is 3. The molecule has 2 heterocycles. The lowest BCUT2D eigenvalue weighted by molar-refractivity contribution is 0.251. The van der Waals surface area contributed by atoms with Gasteiger partial charge in [-0.2, -0.15) is 10.2 Å². The zero-order valence-electron chi connectivity index (χ0n) is 15.2. The summed E-state index contributed by atoms with van der Waals surface area (Å²) in [5.41, 5.74) is 5.89. The summed E-state index contributed by atoms with van der Waals surface area (Å²) in [6.45, 7) is 2.51. The zero-order valence-corrected chi connectivity index (χ0v) is 15.2. The second-order valence-corrected chi connectivity index (χ2v) is 6.43. The Morgan fingerprint density at radius 3 is 2.74 bits per heavy atom. The summed E-state index contributed by atoms with van der Waals surface area (Å²) in [7, 11) is 1.95. The fourth-order valence-corrected chi connectivity index (χ4v) is 3.13. The van der Waals surface area contributed by atoms with Gasteiger partial charge in [-0.15, -0.1) is 0 Å². The predicted molar refractivity (Wildman–Crippen MR) is 105 cm³/mol. The maximum atomic E-state index is 12.0. The molecule has 0 radical (unpaired) electrons. The number of aryl methyl sites for hydroxylation is 2. The number of urea groups is 1. The Bertz CT molecular complexity index is 1080. The molecule has 3 N–H and O–H groups in total. The topological polar surface area (TPSA) is 87.6 Å². The molecule has 136 valence electrons. The van der Waals surface area contributed by atoms with E-state index in [4.69, 9.17) is 0 Å². The number of aromatic nitrogens is 4. The smallest absolute Gasteiger partial charge is 0.319 e. The molecule has 0 aliphatic carbocycles. The van der Waals surface area contributed by atoms with Crippen molar-refractivity contribution >= 4 is 22.6 Å². The van der Waals surface area contributed by atoms with Gasteiger partial charge in [0, 0.05) is 42.0 Å². The molecule has 7 nitrogen and oxygen atoms in total. The van der Waals surface area contributed by atoms with Crippen LogP contribution >= 0.6 is 0 Å². The van der Waals surface area contributed by atoms with E-state index in [0.29, 0.717) is 6.54 Å². The minimum atomic E-state index is -0.261. The number of nitrogens with zero attached hydrogens (tertiary/aromatic N) is 3. The van der Waals surface area contributed by atoms with Gasteiger partial charge >= 0.3 is 6.03 Å². The van der Waals surface area contributed by atoms with Crippen LogP contribution in [0.5, 0.6) is 0 Å². The first-order valence-corrected chi connectivity index (χ1v) is 8.67. The highest BCUT2D eigenvalue weighted by molar-refractivity contribution is 5.96. The minimum Gasteiger partial charge on any atom is -0.334 e. The quantitative estimate of drug-likeness (QED) is 0.520. The minimum absolute atomic E-state index is 0.261. The first-order valence-electron chi connectivity index (χ1n) is 8.67. The van der Waals surface area contributed by atoms with Crippen molar-refractivity contribution in [1.82, 2.24) is 25.3 Å². The third-order valence-electron chi connectivity index (χ3n) is 4.51. The maximum absolute atomic E-state index is 12.0. The number of aromatic amines is 1. The molecule has 0 saturated carbocycles. The summed E-state index contributed by atoms with van der Waals surface area (Å²) in [6.07, 6.45) is 3.42. The number of benzene rings is 2. The Balaban J connectivity index is 1.50.